The lowest BCUT2D eigenvalue weighted by Crippen LogP contribution is -2.13. The van der Waals surface area contributed by atoms with Crippen LogP contribution in [0.4, 0.5) is 0 Å². The average molecular weight is 433 g/mol. The highest BCUT2D eigenvalue weighted by atomic mass is 16.5. The molecule has 172 valence electrons. The molecule has 0 unspecified atom stereocenters. The van der Waals surface area contributed by atoms with E-state index in [1.54, 1.807) is 0 Å². The van der Waals surface area contributed by atoms with Crippen molar-refractivity contribution in [2.24, 2.45) is 5.92 Å². The van der Waals surface area contributed by atoms with Crippen LogP contribution in [0.1, 0.15) is 88.2 Å². The largest absolute Gasteiger partial charge is 0.463 e. The fraction of sp³-hybridized carbons (Fsp3) is 0.500. The molecule has 1 saturated carbocycles. The predicted molar refractivity (Wildman–Crippen MR) is 135 cm³/mol. The molecule has 0 saturated heterocycles. The third-order valence-electron chi connectivity index (χ3n) is 7.00. The van der Waals surface area contributed by atoms with Crippen molar-refractivity contribution in [1.29, 1.82) is 0 Å². The van der Waals surface area contributed by atoms with Crippen LogP contribution in [0.5, 0.6) is 0 Å². The van der Waals surface area contributed by atoms with Crippen LogP contribution in [0.2, 0.25) is 0 Å². The Labute approximate surface area is 195 Å². The maximum Gasteiger partial charge on any atom is 0.330 e. The SMILES string of the molecule is C=CC(=O)OCCCc1ccc(-c2ccc(C3CCC(CCCCCC)CC3)cc2)cc1. The molecule has 1 aliphatic carbocycles. The van der Waals surface area contributed by atoms with Gasteiger partial charge in [-0.25, -0.2) is 4.79 Å². The summed E-state index contributed by atoms with van der Waals surface area (Å²) in [5.74, 6) is 1.36. The van der Waals surface area contributed by atoms with E-state index in [9.17, 15) is 4.79 Å². The first-order valence-electron chi connectivity index (χ1n) is 12.7. The minimum absolute atomic E-state index is 0.348. The zero-order valence-corrected chi connectivity index (χ0v) is 19.9. The van der Waals surface area contributed by atoms with Gasteiger partial charge in [0, 0.05) is 6.08 Å². The zero-order chi connectivity index (χ0) is 22.6. The van der Waals surface area contributed by atoms with Crippen molar-refractivity contribution in [2.75, 3.05) is 6.61 Å². The maximum atomic E-state index is 11.1. The van der Waals surface area contributed by atoms with E-state index < -0.39 is 0 Å². The zero-order valence-electron chi connectivity index (χ0n) is 19.9. The van der Waals surface area contributed by atoms with E-state index in [4.69, 9.17) is 4.74 Å². The standard InChI is InChI=1S/C30H40O2/c1-3-5-6-7-9-24-11-15-26(16-12-24)28-19-21-29(22-20-28)27-17-13-25(14-18-27)10-8-23-32-30(31)4-2/h4,13-14,17-22,24,26H,2-3,5-12,15-16,23H2,1H3. The van der Waals surface area contributed by atoms with Crippen LogP contribution >= 0.6 is 0 Å². The summed E-state index contributed by atoms with van der Waals surface area (Å²) in [4.78, 5) is 11.1. The minimum atomic E-state index is -0.348. The molecule has 0 spiro atoms. The van der Waals surface area contributed by atoms with Crippen LogP contribution in [0.3, 0.4) is 0 Å². The fourth-order valence-corrected chi connectivity index (χ4v) is 4.96. The van der Waals surface area contributed by atoms with Gasteiger partial charge in [-0.1, -0.05) is 94.1 Å². The molecule has 3 rings (SSSR count). The van der Waals surface area contributed by atoms with Gasteiger partial charge in [-0.05, 0) is 72.6 Å². The van der Waals surface area contributed by atoms with Gasteiger partial charge < -0.3 is 4.74 Å². The monoisotopic (exact) mass is 432 g/mol. The number of rotatable bonds is 12. The first-order valence-corrected chi connectivity index (χ1v) is 12.7. The summed E-state index contributed by atoms with van der Waals surface area (Å²) in [6.07, 6.45) is 15.5. The van der Waals surface area contributed by atoms with Crippen LogP contribution in [0, 0.1) is 5.92 Å². The van der Waals surface area contributed by atoms with Gasteiger partial charge in [0.1, 0.15) is 0 Å². The number of hydrogen-bond donors (Lipinski definition) is 0. The number of hydrogen-bond acceptors (Lipinski definition) is 2. The molecule has 0 radical (unpaired) electrons. The van der Waals surface area contributed by atoms with Crippen LogP contribution in [-0.2, 0) is 16.0 Å². The van der Waals surface area contributed by atoms with Crippen molar-refractivity contribution in [3.05, 3.63) is 72.3 Å². The summed E-state index contributed by atoms with van der Waals surface area (Å²) in [5.41, 5.74) is 5.33. The molecule has 32 heavy (non-hydrogen) atoms. The van der Waals surface area contributed by atoms with Crippen molar-refractivity contribution in [1.82, 2.24) is 0 Å². The van der Waals surface area contributed by atoms with Crippen LogP contribution < -0.4 is 0 Å². The molecule has 0 heterocycles. The Morgan fingerprint density at radius 3 is 2.19 bits per heavy atom. The van der Waals surface area contributed by atoms with Gasteiger partial charge in [0.05, 0.1) is 6.61 Å². The van der Waals surface area contributed by atoms with E-state index in [0.717, 1.165) is 24.7 Å². The molecule has 0 aromatic heterocycles. The van der Waals surface area contributed by atoms with Gasteiger partial charge in [0.25, 0.3) is 0 Å². The molecule has 1 fully saturated rings. The Morgan fingerprint density at radius 2 is 1.56 bits per heavy atom. The number of unbranched alkanes of at least 4 members (excludes halogenated alkanes) is 3. The first-order chi connectivity index (χ1) is 15.7. The van der Waals surface area contributed by atoms with Crippen molar-refractivity contribution in [3.63, 3.8) is 0 Å². The van der Waals surface area contributed by atoms with Crippen LogP contribution in [0.25, 0.3) is 11.1 Å². The van der Waals surface area contributed by atoms with Gasteiger partial charge in [-0.3, -0.25) is 0 Å². The topological polar surface area (TPSA) is 26.3 Å². The molecule has 2 aromatic rings. The normalized spacial score (nSPS) is 18.3. The minimum Gasteiger partial charge on any atom is -0.463 e. The first kappa shape index (κ1) is 24.3. The molecule has 0 amide bonds. The summed E-state index contributed by atoms with van der Waals surface area (Å²) in [6.45, 7) is 6.14. The molecule has 2 aromatic carbocycles. The second-order valence-corrected chi connectivity index (χ2v) is 9.36. The Kier molecular flexibility index (Phi) is 10.1. The van der Waals surface area contributed by atoms with E-state index in [-0.39, 0.29) is 5.97 Å². The molecular formula is C30H40O2. The highest BCUT2D eigenvalue weighted by Crippen LogP contribution is 2.38. The lowest BCUT2D eigenvalue weighted by atomic mass is 9.77. The summed E-state index contributed by atoms with van der Waals surface area (Å²) < 4.78 is 5.04. The number of carbonyl (C=O) groups is 1. The van der Waals surface area contributed by atoms with Gasteiger partial charge in [0.2, 0.25) is 0 Å². The third kappa shape index (κ3) is 7.65. The van der Waals surface area contributed by atoms with Crippen LogP contribution in [0.15, 0.2) is 61.2 Å². The van der Waals surface area contributed by atoms with Crippen molar-refractivity contribution < 1.29 is 9.53 Å². The Bertz CT molecular complexity index is 811. The van der Waals surface area contributed by atoms with Gasteiger partial charge in [-0.2, -0.15) is 0 Å². The second-order valence-electron chi connectivity index (χ2n) is 9.36. The number of ether oxygens (including phenoxy) is 1. The van der Waals surface area contributed by atoms with E-state index >= 15 is 0 Å². The molecule has 0 bridgehead atoms. The number of carbonyl (C=O) groups excluding carboxylic acids is 1. The predicted octanol–water partition coefficient (Wildman–Crippen LogP) is 8.26. The summed E-state index contributed by atoms with van der Waals surface area (Å²) >= 11 is 0. The summed E-state index contributed by atoms with van der Waals surface area (Å²) in [5, 5.41) is 0. The Hall–Kier alpha value is -2.35. The smallest absolute Gasteiger partial charge is 0.330 e. The third-order valence-corrected chi connectivity index (χ3v) is 7.00. The van der Waals surface area contributed by atoms with Crippen molar-refractivity contribution in [2.45, 2.75) is 83.5 Å². The second kappa shape index (κ2) is 13.3. The highest BCUT2D eigenvalue weighted by Gasteiger charge is 2.22. The maximum absolute atomic E-state index is 11.1. The highest BCUT2D eigenvalue weighted by molar-refractivity contribution is 5.81. The number of aryl methyl sites for hydroxylation is 1. The quantitative estimate of drug-likeness (QED) is 0.192. The lowest BCUT2D eigenvalue weighted by molar-refractivity contribution is -0.137. The van der Waals surface area contributed by atoms with Crippen molar-refractivity contribution >= 4 is 5.97 Å². The van der Waals surface area contributed by atoms with E-state index in [2.05, 4.69) is 62.0 Å². The summed E-state index contributed by atoms with van der Waals surface area (Å²) in [7, 11) is 0. The lowest BCUT2D eigenvalue weighted by Gasteiger charge is -2.29. The van der Waals surface area contributed by atoms with Crippen LogP contribution in [-0.4, -0.2) is 12.6 Å². The van der Waals surface area contributed by atoms with Crippen molar-refractivity contribution in [3.8, 4) is 11.1 Å². The van der Waals surface area contributed by atoms with E-state index in [1.165, 1.54) is 86.1 Å². The molecule has 0 N–H and O–H groups in total. The number of esters is 1. The molecule has 0 atom stereocenters. The molecule has 1 aliphatic rings. The fourth-order valence-electron chi connectivity index (χ4n) is 4.96. The molecule has 2 heteroatoms. The molecular weight excluding hydrogens is 392 g/mol. The Balaban J connectivity index is 1.44. The molecule has 2 nitrogen and oxygen atoms in total. The van der Waals surface area contributed by atoms with Gasteiger partial charge >= 0.3 is 5.97 Å². The number of benzene rings is 2. The Morgan fingerprint density at radius 1 is 0.906 bits per heavy atom. The van der Waals surface area contributed by atoms with Gasteiger partial charge in [0.15, 0.2) is 0 Å². The molecule has 0 aliphatic heterocycles. The average Bonchev–Trinajstić information content (AvgIpc) is 2.85. The van der Waals surface area contributed by atoms with E-state index in [1.807, 2.05) is 0 Å². The summed E-state index contributed by atoms with van der Waals surface area (Å²) in [6, 6.07) is 18.0. The van der Waals surface area contributed by atoms with Gasteiger partial charge in [-0.15, -0.1) is 0 Å². The van der Waals surface area contributed by atoms with E-state index in [0.29, 0.717) is 6.61 Å².